The van der Waals surface area contributed by atoms with Gasteiger partial charge in [-0.15, -0.1) is 0 Å². The first-order chi connectivity index (χ1) is 3.41. The van der Waals surface area contributed by atoms with Gasteiger partial charge >= 0.3 is 0 Å². The quantitative estimate of drug-likeness (QED) is 0.422. The third kappa shape index (κ3) is 5.92. The second-order valence-corrected chi connectivity index (χ2v) is 1.35. The molecule has 0 rings (SSSR count). The number of hydrogen-bond acceptors (Lipinski definition) is 2. The van der Waals surface area contributed by atoms with Crippen LogP contribution in [0.1, 0.15) is 20.3 Å². The molecule has 0 fully saturated rings. The van der Waals surface area contributed by atoms with E-state index in [-0.39, 0.29) is 0 Å². The molecule has 0 aromatic carbocycles. The van der Waals surface area contributed by atoms with E-state index in [9.17, 15) is 0 Å². The minimum absolute atomic E-state index is 0.813. The normalized spacial score (nSPS) is 9.43. The molecule has 2 nitrogen and oxygen atoms in total. The van der Waals surface area contributed by atoms with Crippen molar-refractivity contribution in [3.05, 3.63) is 0 Å². The van der Waals surface area contributed by atoms with E-state index in [0.717, 1.165) is 19.6 Å². The van der Waals surface area contributed by atoms with Crippen LogP contribution in [0.3, 0.4) is 0 Å². The van der Waals surface area contributed by atoms with E-state index in [1.807, 2.05) is 6.92 Å². The van der Waals surface area contributed by atoms with Gasteiger partial charge in [-0.2, -0.15) is 0 Å². The highest BCUT2D eigenvalue weighted by atomic mass is 16.6. The second-order valence-electron chi connectivity index (χ2n) is 1.35. The summed E-state index contributed by atoms with van der Waals surface area (Å²) in [6.07, 6.45) is 1.08. The van der Waals surface area contributed by atoms with Gasteiger partial charge in [0.15, 0.2) is 0 Å². The second kappa shape index (κ2) is 5.92. The lowest BCUT2D eigenvalue weighted by molar-refractivity contribution is 0.0451. The van der Waals surface area contributed by atoms with Crippen LogP contribution in [0.2, 0.25) is 0 Å². The summed E-state index contributed by atoms with van der Waals surface area (Å²) in [5, 5.41) is 0. The first kappa shape index (κ1) is 6.92. The molecule has 0 aromatic rings. The Morgan fingerprint density at radius 1 is 1.43 bits per heavy atom. The maximum atomic E-state index is 4.88. The van der Waals surface area contributed by atoms with Crippen molar-refractivity contribution >= 4 is 0 Å². The van der Waals surface area contributed by atoms with Gasteiger partial charge < -0.3 is 4.84 Å². The van der Waals surface area contributed by atoms with Gasteiger partial charge in [-0.25, -0.2) is 5.48 Å². The number of hydrogen-bond donors (Lipinski definition) is 1. The predicted octanol–water partition coefficient (Wildman–Crippen LogP) is 0.938. The molecule has 0 heterocycles. The summed E-state index contributed by atoms with van der Waals surface area (Å²) in [5.41, 5.74) is 2.75. The fourth-order valence-corrected chi connectivity index (χ4v) is 0.276. The maximum Gasteiger partial charge on any atom is 0.0679 e. The Labute approximate surface area is 44.8 Å². The molecule has 0 spiro atoms. The molecule has 0 aliphatic heterocycles. The first-order valence-corrected chi connectivity index (χ1v) is 2.76. The fourth-order valence-electron chi connectivity index (χ4n) is 0.276. The molecule has 0 saturated heterocycles. The van der Waals surface area contributed by atoms with E-state index in [0.29, 0.717) is 0 Å². The van der Waals surface area contributed by atoms with Gasteiger partial charge in [-0.1, -0.05) is 13.8 Å². The van der Waals surface area contributed by atoms with Crippen LogP contribution in [0.15, 0.2) is 0 Å². The number of rotatable bonds is 4. The van der Waals surface area contributed by atoms with Crippen LogP contribution in [-0.4, -0.2) is 13.2 Å². The highest BCUT2D eigenvalue weighted by molar-refractivity contribution is 4.19. The van der Waals surface area contributed by atoms with E-state index in [2.05, 4.69) is 12.4 Å². The molecule has 0 radical (unpaired) electrons. The minimum atomic E-state index is 0.813. The number of hydroxylamine groups is 1. The molecular formula is C5H13NO. The van der Waals surface area contributed by atoms with Crippen LogP contribution in [0.4, 0.5) is 0 Å². The van der Waals surface area contributed by atoms with E-state index >= 15 is 0 Å². The Morgan fingerprint density at radius 2 is 2.14 bits per heavy atom. The van der Waals surface area contributed by atoms with E-state index in [4.69, 9.17) is 4.84 Å². The van der Waals surface area contributed by atoms with Crippen molar-refractivity contribution in [2.45, 2.75) is 20.3 Å². The van der Waals surface area contributed by atoms with E-state index in [1.54, 1.807) is 0 Å². The summed E-state index contributed by atoms with van der Waals surface area (Å²) >= 11 is 0. The van der Waals surface area contributed by atoms with Gasteiger partial charge in [0.1, 0.15) is 0 Å². The molecular weight excluding hydrogens is 90.1 g/mol. The van der Waals surface area contributed by atoms with Crippen LogP contribution < -0.4 is 5.48 Å². The lowest BCUT2D eigenvalue weighted by atomic mass is 10.5. The van der Waals surface area contributed by atoms with Crippen molar-refractivity contribution < 1.29 is 4.84 Å². The molecule has 44 valence electrons. The van der Waals surface area contributed by atoms with Crippen molar-refractivity contribution in [1.82, 2.24) is 5.48 Å². The predicted molar refractivity (Wildman–Crippen MR) is 29.9 cm³/mol. The maximum absolute atomic E-state index is 4.88. The minimum Gasteiger partial charge on any atom is -0.302 e. The molecule has 0 aliphatic carbocycles. The highest BCUT2D eigenvalue weighted by Gasteiger charge is 1.75. The molecule has 7 heavy (non-hydrogen) atoms. The smallest absolute Gasteiger partial charge is 0.0679 e. The van der Waals surface area contributed by atoms with E-state index < -0.39 is 0 Å². The Hall–Kier alpha value is -0.0800. The lowest BCUT2D eigenvalue weighted by Gasteiger charge is -1.97. The molecule has 0 atom stereocenters. The van der Waals surface area contributed by atoms with E-state index in [1.165, 1.54) is 0 Å². The highest BCUT2D eigenvalue weighted by Crippen LogP contribution is 1.72. The van der Waals surface area contributed by atoms with Gasteiger partial charge in [-0.05, 0) is 6.42 Å². The monoisotopic (exact) mass is 103 g/mol. The summed E-state index contributed by atoms with van der Waals surface area (Å²) in [4.78, 5) is 4.88. The summed E-state index contributed by atoms with van der Waals surface area (Å²) < 4.78 is 0. The van der Waals surface area contributed by atoms with Crippen molar-refractivity contribution in [3.63, 3.8) is 0 Å². The topological polar surface area (TPSA) is 21.3 Å². The van der Waals surface area contributed by atoms with Crippen molar-refractivity contribution in [1.29, 1.82) is 0 Å². The first-order valence-electron chi connectivity index (χ1n) is 2.76. The molecule has 0 aromatic heterocycles. The van der Waals surface area contributed by atoms with Gasteiger partial charge in [0.2, 0.25) is 0 Å². The van der Waals surface area contributed by atoms with Gasteiger partial charge in [0.05, 0.1) is 6.61 Å². The van der Waals surface area contributed by atoms with Crippen molar-refractivity contribution in [2.75, 3.05) is 13.2 Å². The number of nitrogens with one attached hydrogen (secondary N) is 1. The fraction of sp³-hybridized carbons (Fsp3) is 1.00. The molecule has 0 unspecified atom stereocenters. The third-order valence-corrected chi connectivity index (χ3v) is 0.553. The van der Waals surface area contributed by atoms with Crippen LogP contribution in [-0.2, 0) is 4.84 Å². The van der Waals surface area contributed by atoms with Crippen LogP contribution in [0.5, 0.6) is 0 Å². The molecule has 1 N–H and O–H groups in total. The largest absolute Gasteiger partial charge is 0.302 e. The van der Waals surface area contributed by atoms with Crippen LogP contribution in [0, 0.1) is 0 Å². The van der Waals surface area contributed by atoms with Crippen molar-refractivity contribution in [2.24, 2.45) is 0 Å². The molecule has 0 bridgehead atoms. The molecule has 2 heteroatoms. The van der Waals surface area contributed by atoms with Crippen LogP contribution in [0.25, 0.3) is 0 Å². The average molecular weight is 103 g/mol. The molecule has 0 amide bonds. The summed E-state index contributed by atoms with van der Waals surface area (Å²) in [7, 11) is 0. The Kier molecular flexibility index (Phi) is 5.85. The summed E-state index contributed by atoms with van der Waals surface area (Å²) in [6, 6.07) is 0. The molecule has 0 aliphatic rings. The van der Waals surface area contributed by atoms with Crippen molar-refractivity contribution in [3.8, 4) is 0 Å². The zero-order valence-corrected chi connectivity index (χ0v) is 5.03. The van der Waals surface area contributed by atoms with Crippen LogP contribution >= 0.6 is 0 Å². The molecule has 0 saturated carbocycles. The lowest BCUT2D eigenvalue weighted by Crippen LogP contribution is -2.13. The Bertz CT molecular complexity index is 27.3. The SMILES string of the molecule is CCCONCC. The Balaban J connectivity index is 2.45. The zero-order chi connectivity index (χ0) is 5.54. The average Bonchev–Trinajstić information content (AvgIpc) is 1.69. The van der Waals surface area contributed by atoms with Gasteiger partial charge in [-0.3, -0.25) is 0 Å². The third-order valence-electron chi connectivity index (χ3n) is 0.553. The van der Waals surface area contributed by atoms with Gasteiger partial charge in [0.25, 0.3) is 0 Å². The standard InChI is InChI=1S/C5H13NO/c1-3-5-7-6-4-2/h6H,3-5H2,1-2H3. The zero-order valence-electron chi connectivity index (χ0n) is 5.03. The summed E-state index contributed by atoms with van der Waals surface area (Å²) in [6.45, 7) is 5.79. The Morgan fingerprint density at radius 3 is 2.57 bits per heavy atom. The van der Waals surface area contributed by atoms with Gasteiger partial charge in [0, 0.05) is 6.54 Å². The summed E-state index contributed by atoms with van der Waals surface area (Å²) in [5.74, 6) is 0.